The zero-order valence-corrected chi connectivity index (χ0v) is 16.3. The predicted molar refractivity (Wildman–Crippen MR) is 112 cm³/mol. The highest BCUT2D eigenvalue weighted by atomic mass is 16.2. The molecular formula is C23H25N3O3. The van der Waals surface area contributed by atoms with Crippen molar-refractivity contribution in [2.45, 2.75) is 32.1 Å². The minimum atomic E-state index is -0.314. The summed E-state index contributed by atoms with van der Waals surface area (Å²) >= 11 is 0. The van der Waals surface area contributed by atoms with E-state index in [-0.39, 0.29) is 23.6 Å². The van der Waals surface area contributed by atoms with Crippen molar-refractivity contribution in [1.29, 1.82) is 0 Å². The first-order valence-corrected chi connectivity index (χ1v) is 10.2. The fourth-order valence-corrected chi connectivity index (χ4v) is 3.57. The van der Waals surface area contributed by atoms with Gasteiger partial charge in [-0.05, 0) is 62.4 Å². The fourth-order valence-electron chi connectivity index (χ4n) is 3.57. The van der Waals surface area contributed by atoms with Gasteiger partial charge in [0.25, 0.3) is 11.8 Å². The molecule has 1 saturated heterocycles. The van der Waals surface area contributed by atoms with Gasteiger partial charge in [-0.2, -0.15) is 0 Å². The average Bonchev–Trinajstić information content (AvgIpc) is 3.60. The van der Waals surface area contributed by atoms with Crippen LogP contribution in [-0.2, 0) is 4.79 Å². The van der Waals surface area contributed by atoms with E-state index in [4.69, 9.17) is 0 Å². The lowest BCUT2D eigenvalue weighted by Gasteiger charge is -2.27. The molecule has 0 unspecified atom stereocenters. The van der Waals surface area contributed by atoms with Gasteiger partial charge in [0.05, 0.1) is 11.3 Å². The summed E-state index contributed by atoms with van der Waals surface area (Å²) in [5.41, 5.74) is 2.03. The zero-order chi connectivity index (χ0) is 20.2. The fraction of sp³-hybridized carbons (Fsp3) is 0.348. The number of likely N-dealkylation sites (tertiary alicyclic amines) is 1. The first-order valence-electron chi connectivity index (χ1n) is 10.2. The quantitative estimate of drug-likeness (QED) is 0.811. The minimum absolute atomic E-state index is 0.0000296. The molecule has 2 aromatic carbocycles. The SMILES string of the molecule is O=C(Nc1ccccc1C(=O)N1CCCCC1)c1cccc(NC(=O)C2CC2)c1. The number of nitrogens with one attached hydrogen (secondary N) is 2. The first kappa shape index (κ1) is 19.2. The molecule has 0 bridgehead atoms. The van der Waals surface area contributed by atoms with Gasteiger partial charge in [-0.25, -0.2) is 0 Å². The van der Waals surface area contributed by atoms with Gasteiger partial charge in [0.15, 0.2) is 0 Å². The molecule has 1 heterocycles. The molecule has 6 nitrogen and oxygen atoms in total. The predicted octanol–water partition coefficient (Wildman–Crippen LogP) is 3.91. The van der Waals surface area contributed by atoms with E-state index in [1.807, 2.05) is 4.90 Å². The van der Waals surface area contributed by atoms with E-state index in [1.54, 1.807) is 48.5 Å². The van der Waals surface area contributed by atoms with Crippen molar-refractivity contribution in [3.05, 3.63) is 59.7 Å². The van der Waals surface area contributed by atoms with Crippen molar-refractivity contribution in [2.75, 3.05) is 23.7 Å². The molecule has 0 atom stereocenters. The largest absolute Gasteiger partial charge is 0.339 e. The second-order valence-corrected chi connectivity index (χ2v) is 7.70. The smallest absolute Gasteiger partial charge is 0.255 e. The van der Waals surface area contributed by atoms with Gasteiger partial charge in [-0.1, -0.05) is 18.2 Å². The lowest BCUT2D eigenvalue weighted by molar-refractivity contribution is -0.117. The number of amides is 3. The Morgan fingerprint density at radius 1 is 0.862 bits per heavy atom. The Kier molecular flexibility index (Phi) is 5.60. The summed E-state index contributed by atoms with van der Waals surface area (Å²) in [5, 5.41) is 5.72. The number of hydrogen-bond donors (Lipinski definition) is 2. The first-order chi connectivity index (χ1) is 14.1. The van der Waals surface area contributed by atoms with Crippen molar-refractivity contribution in [2.24, 2.45) is 5.92 Å². The molecule has 1 saturated carbocycles. The standard InChI is InChI=1S/C23H25N3O3/c27-21(16-11-12-16)24-18-8-6-7-17(15-18)22(28)25-20-10-3-2-9-19(20)23(29)26-13-4-1-5-14-26/h2-3,6-10,15-16H,1,4-5,11-14H2,(H,24,27)(H,25,28). The highest BCUT2D eigenvalue weighted by Gasteiger charge is 2.29. The summed E-state index contributed by atoms with van der Waals surface area (Å²) in [5.74, 6) is -0.266. The molecule has 1 aliphatic carbocycles. The molecule has 4 rings (SSSR count). The maximum Gasteiger partial charge on any atom is 0.255 e. The van der Waals surface area contributed by atoms with Crippen LogP contribution in [0.25, 0.3) is 0 Å². The van der Waals surface area contributed by atoms with Crippen LogP contribution >= 0.6 is 0 Å². The van der Waals surface area contributed by atoms with Gasteiger partial charge in [-0.15, -0.1) is 0 Å². The van der Waals surface area contributed by atoms with Crippen LogP contribution in [-0.4, -0.2) is 35.7 Å². The second-order valence-electron chi connectivity index (χ2n) is 7.70. The highest BCUT2D eigenvalue weighted by Crippen LogP contribution is 2.30. The van der Waals surface area contributed by atoms with Crippen LogP contribution in [0.2, 0.25) is 0 Å². The summed E-state index contributed by atoms with van der Waals surface area (Å²) in [6, 6.07) is 14.0. The molecule has 2 aliphatic rings. The Morgan fingerprint density at radius 3 is 2.38 bits per heavy atom. The number of piperidine rings is 1. The molecule has 1 aliphatic heterocycles. The molecule has 0 radical (unpaired) electrons. The van der Waals surface area contributed by atoms with E-state index >= 15 is 0 Å². The van der Waals surface area contributed by atoms with E-state index < -0.39 is 0 Å². The molecular weight excluding hydrogens is 366 g/mol. The Balaban J connectivity index is 1.48. The van der Waals surface area contributed by atoms with Crippen LogP contribution in [0.3, 0.4) is 0 Å². The third-order valence-corrected chi connectivity index (χ3v) is 5.39. The summed E-state index contributed by atoms with van der Waals surface area (Å²) in [6.07, 6.45) is 5.02. The van der Waals surface area contributed by atoms with Crippen molar-refractivity contribution >= 4 is 29.1 Å². The van der Waals surface area contributed by atoms with Crippen LogP contribution in [0, 0.1) is 5.92 Å². The second kappa shape index (κ2) is 8.47. The van der Waals surface area contributed by atoms with Gasteiger partial charge in [0.1, 0.15) is 0 Å². The van der Waals surface area contributed by atoms with E-state index in [9.17, 15) is 14.4 Å². The van der Waals surface area contributed by atoms with Gasteiger partial charge in [0.2, 0.25) is 5.91 Å². The maximum absolute atomic E-state index is 12.9. The normalized spacial score (nSPS) is 16.2. The number of anilines is 2. The van der Waals surface area contributed by atoms with Gasteiger partial charge < -0.3 is 15.5 Å². The topological polar surface area (TPSA) is 78.5 Å². The van der Waals surface area contributed by atoms with E-state index in [0.29, 0.717) is 22.5 Å². The lowest BCUT2D eigenvalue weighted by Crippen LogP contribution is -2.36. The molecule has 29 heavy (non-hydrogen) atoms. The average molecular weight is 391 g/mol. The van der Waals surface area contributed by atoms with Gasteiger partial charge in [-0.3, -0.25) is 14.4 Å². The number of benzene rings is 2. The Labute approximate surface area is 170 Å². The number of hydrogen-bond acceptors (Lipinski definition) is 3. The Bertz CT molecular complexity index is 930. The number of rotatable bonds is 5. The monoisotopic (exact) mass is 391 g/mol. The molecule has 6 heteroatoms. The molecule has 2 N–H and O–H groups in total. The van der Waals surface area contributed by atoms with Crippen LogP contribution in [0.1, 0.15) is 52.8 Å². The van der Waals surface area contributed by atoms with Crippen molar-refractivity contribution in [3.8, 4) is 0 Å². The van der Waals surface area contributed by atoms with Crippen LogP contribution < -0.4 is 10.6 Å². The third-order valence-electron chi connectivity index (χ3n) is 5.39. The Hall–Kier alpha value is -3.15. The molecule has 0 spiro atoms. The number of carbonyl (C=O) groups is 3. The van der Waals surface area contributed by atoms with Gasteiger partial charge in [0, 0.05) is 30.3 Å². The van der Waals surface area contributed by atoms with Crippen molar-refractivity contribution in [1.82, 2.24) is 4.90 Å². The summed E-state index contributed by atoms with van der Waals surface area (Å²) in [4.78, 5) is 39.5. The third kappa shape index (κ3) is 4.65. The Morgan fingerprint density at radius 2 is 1.62 bits per heavy atom. The highest BCUT2D eigenvalue weighted by molar-refractivity contribution is 6.09. The van der Waals surface area contributed by atoms with Crippen LogP contribution in [0.5, 0.6) is 0 Å². The molecule has 2 aromatic rings. The lowest BCUT2D eigenvalue weighted by atomic mass is 10.1. The summed E-state index contributed by atoms with van der Waals surface area (Å²) < 4.78 is 0. The molecule has 150 valence electrons. The number of para-hydroxylation sites is 1. The van der Waals surface area contributed by atoms with Gasteiger partial charge >= 0.3 is 0 Å². The van der Waals surface area contributed by atoms with Crippen molar-refractivity contribution in [3.63, 3.8) is 0 Å². The molecule has 3 amide bonds. The number of nitrogens with zero attached hydrogens (tertiary/aromatic N) is 1. The van der Waals surface area contributed by atoms with Crippen molar-refractivity contribution < 1.29 is 14.4 Å². The van der Waals surface area contributed by atoms with E-state index in [2.05, 4.69) is 10.6 Å². The zero-order valence-electron chi connectivity index (χ0n) is 16.3. The maximum atomic E-state index is 12.9. The van der Waals surface area contributed by atoms with E-state index in [0.717, 1.165) is 45.2 Å². The molecule has 2 fully saturated rings. The summed E-state index contributed by atoms with van der Waals surface area (Å²) in [7, 11) is 0. The number of carbonyl (C=O) groups excluding carboxylic acids is 3. The minimum Gasteiger partial charge on any atom is -0.339 e. The molecule has 0 aromatic heterocycles. The summed E-state index contributed by atoms with van der Waals surface area (Å²) in [6.45, 7) is 1.51. The van der Waals surface area contributed by atoms with Crippen LogP contribution in [0.4, 0.5) is 11.4 Å². The van der Waals surface area contributed by atoms with Crippen LogP contribution in [0.15, 0.2) is 48.5 Å². The van der Waals surface area contributed by atoms with E-state index in [1.165, 1.54) is 0 Å².